The average Bonchev–Trinajstić information content (AvgIpc) is 3.23. The van der Waals surface area contributed by atoms with Gasteiger partial charge in [0, 0.05) is 37.5 Å². The van der Waals surface area contributed by atoms with Crippen LogP contribution in [0.5, 0.6) is 23.1 Å². The van der Waals surface area contributed by atoms with E-state index in [9.17, 15) is 0 Å². The van der Waals surface area contributed by atoms with Crippen molar-refractivity contribution in [2.45, 2.75) is 19.7 Å². The molecule has 0 aliphatic carbocycles. The number of ether oxygens (including phenoxy) is 2. The van der Waals surface area contributed by atoms with Crippen LogP contribution in [0.15, 0.2) is 184 Å². The Morgan fingerprint density at radius 3 is 1.78 bits per heavy atom. The highest BCUT2D eigenvalue weighted by atomic mass is 32.2. The maximum atomic E-state index is 6.78. The summed E-state index contributed by atoms with van der Waals surface area (Å²) < 4.78 is 13.3. The standard InChI is InChI=1S/C45H27N3O2S2Si2/c1-5-14-36-30(10-1)49-32-21-19-28(24-41(32)53(36)37-15-6-2-11-31(37)50-44-40(53)18-9-23-47-44)29-20-22-35-42(25-29)54(38-16-7-3-12-33(38)51-35)39-17-8-4-13-34(39)52-45-43(54)26-46-27-48-45/h1-27H. The molecule has 5 nitrogen and oxygen atoms in total. The molecule has 12 rings (SSSR count). The third kappa shape index (κ3) is 3.99. The quantitative estimate of drug-likeness (QED) is 0.163. The Morgan fingerprint density at radius 1 is 0.426 bits per heavy atom. The molecule has 254 valence electrons. The first-order chi connectivity index (χ1) is 26.7. The van der Waals surface area contributed by atoms with Gasteiger partial charge in [-0.15, -0.1) is 0 Å². The normalized spacial score (nSPS) is 19.0. The number of para-hydroxylation sites is 2. The Morgan fingerprint density at radius 2 is 1.00 bits per heavy atom. The summed E-state index contributed by atoms with van der Waals surface area (Å²) in [5, 5.41) is 11.2. The molecule has 0 N–H and O–H groups in total. The van der Waals surface area contributed by atoms with E-state index < -0.39 is 16.1 Å². The van der Waals surface area contributed by atoms with Crippen molar-refractivity contribution < 1.29 is 9.47 Å². The average molecular weight is 762 g/mol. The summed E-state index contributed by atoms with van der Waals surface area (Å²) in [7, 11) is -5.79. The molecule has 0 radical (unpaired) electrons. The summed E-state index contributed by atoms with van der Waals surface area (Å²) in [6.07, 6.45) is 5.61. The van der Waals surface area contributed by atoms with Crippen LogP contribution >= 0.6 is 23.5 Å². The molecule has 6 heterocycles. The fourth-order valence-corrected chi connectivity index (χ4v) is 23.3. The van der Waals surface area contributed by atoms with Gasteiger partial charge in [-0.3, -0.25) is 0 Å². The summed E-state index contributed by atoms with van der Waals surface area (Å²) in [6.45, 7) is 0. The molecule has 2 atom stereocenters. The highest BCUT2D eigenvalue weighted by molar-refractivity contribution is 8.01. The minimum atomic E-state index is -2.95. The summed E-state index contributed by atoms with van der Waals surface area (Å²) in [5.74, 6) is 3.30. The largest absolute Gasteiger partial charge is 0.458 e. The van der Waals surface area contributed by atoms with Crippen molar-refractivity contribution in [3.8, 4) is 34.3 Å². The Hall–Kier alpha value is -5.72. The lowest BCUT2D eigenvalue weighted by atomic mass is 10.1. The molecule has 4 aliphatic heterocycles. The Labute approximate surface area is 322 Å². The predicted octanol–water partition coefficient (Wildman–Crippen LogP) is 5.43. The van der Waals surface area contributed by atoms with Crippen LogP contribution in [0.1, 0.15) is 0 Å². The van der Waals surface area contributed by atoms with Gasteiger partial charge in [-0.1, -0.05) is 127 Å². The fraction of sp³-hybridized carbons (Fsp3) is 0. The molecule has 6 aromatic carbocycles. The zero-order chi connectivity index (χ0) is 35.4. The summed E-state index contributed by atoms with van der Waals surface area (Å²) in [6, 6.07) is 53.2. The van der Waals surface area contributed by atoms with Gasteiger partial charge in [-0.25, -0.2) is 15.0 Å². The van der Waals surface area contributed by atoms with Crippen LogP contribution in [-0.2, 0) is 0 Å². The van der Waals surface area contributed by atoms with E-state index in [0.29, 0.717) is 5.88 Å². The van der Waals surface area contributed by atoms with Gasteiger partial charge in [0.2, 0.25) is 5.88 Å². The number of nitrogens with zero attached hydrogens (tertiary/aromatic N) is 3. The number of benzene rings is 6. The van der Waals surface area contributed by atoms with E-state index in [1.165, 1.54) is 56.6 Å². The van der Waals surface area contributed by atoms with Crippen molar-refractivity contribution in [3.63, 3.8) is 0 Å². The van der Waals surface area contributed by atoms with E-state index in [0.717, 1.165) is 33.0 Å². The van der Waals surface area contributed by atoms with Gasteiger partial charge in [0.15, 0.2) is 16.1 Å². The zero-order valence-electron chi connectivity index (χ0n) is 28.6. The topological polar surface area (TPSA) is 57.1 Å². The third-order valence-corrected chi connectivity index (χ3v) is 24.1. The van der Waals surface area contributed by atoms with E-state index in [-0.39, 0.29) is 0 Å². The van der Waals surface area contributed by atoms with Crippen molar-refractivity contribution in [2.75, 3.05) is 0 Å². The molecule has 9 heteroatoms. The van der Waals surface area contributed by atoms with E-state index in [1.807, 2.05) is 30.1 Å². The molecule has 8 aromatic rings. The number of aromatic nitrogens is 3. The first kappa shape index (κ1) is 30.7. The molecule has 0 saturated heterocycles. The highest BCUT2D eigenvalue weighted by Crippen LogP contribution is 2.41. The van der Waals surface area contributed by atoms with Gasteiger partial charge in [0.1, 0.15) is 28.6 Å². The third-order valence-electron chi connectivity index (χ3n) is 11.4. The molecule has 54 heavy (non-hydrogen) atoms. The molecule has 2 spiro atoms. The number of hydrogen-bond acceptors (Lipinski definition) is 7. The summed E-state index contributed by atoms with van der Waals surface area (Å²) in [5.41, 5.74) is 2.32. The molecule has 0 bridgehead atoms. The van der Waals surface area contributed by atoms with Gasteiger partial charge in [-0.2, -0.15) is 0 Å². The highest BCUT2D eigenvalue weighted by Gasteiger charge is 2.54. The maximum Gasteiger partial charge on any atom is 0.219 e. The van der Waals surface area contributed by atoms with Crippen LogP contribution in [0.3, 0.4) is 0 Å². The van der Waals surface area contributed by atoms with Crippen molar-refractivity contribution in [3.05, 3.63) is 164 Å². The Kier molecular flexibility index (Phi) is 6.48. The van der Waals surface area contributed by atoms with Crippen molar-refractivity contribution in [1.29, 1.82) is 0 Å². The molecule has 2 aromatic heterocycles. The monoisotopic (exact) mass is 761 g/mol. The molecular formula is C45H27N3O2S2Si2. The van der Waals surface area contributed by atoms with Crippen LogP contribution in [0, 0.1) is 0 Å². The van der Waals surface area contributed by atoms with E-state index in [4.69, 9.17) is 19.4 Å². The van der Waals surface area contributed by atoms with E-state index in [1.54, 1.807) is 18.1 Å². The van der Waals surface area contributed by atoms with Gasteiger partial charge in [0.05, 0.1) is 0 Å². The fourth-order valence-electron chi connectivity index (χ4n) is 9.25. The van der Waals surface area contributed by atoms with Crippen LogP contribution in [-0.4, -0.2) is 31.1 Å². The summed E-state index contributed by atoms with van der Waals surface area (Å²) >= 11 is 3.64. The Balaban J connectivity index is 1.14. The maximum absolute atomic E-state index is 6.78. The number of rotatable bonds is 1. The van der Waals surface area contributed by atoms with E-state index in [2.05, 4.69) is 145 Å². The van der Waals surface area contributed by atoms with E-state index >= 15 is 0 Å². The van der Waals surface area contributed by atoms with Crippen molar-refractivity contribution in [1.82, 2.24) is 15.0 Å². The lowest BCUT2D eigenvalue weighted by molar-refractivity contribution is 0.466. The van der Waals surface area contributed by atoms with Crippen LogP contribution in [0.4, 0.5) is 0 Å². The number of fused-ring (bicyclic) bond motifs is 16. The molecule has 2 unspecified atom stereocenters. The minimum Gasteiger partial charge on any atom is -0.458 e. The van der Waals surface area contributed by atoms with Crippen molar-refractivity contribution in [2.24, 2.45) is 0 Å². The van der Waals surface area contributed by atoms with Crippen LogP contribution in [0.25, 0.3) is 11.1 Å². The molecule has 0 saturated carbocycles. The minimum absolute atomic E-state index is 0.669. The zero-order valence-corrected chi connectivity index (χ0v) is 32.2. The van der Waals surface area contributed by atoms with Crippen LogP contribution in [0.2, 0.25) is 0 Å². The lowest BCUT2D eigenvalue weighted by Crippen LogP contribution is -2.78. The second-order valence-electron chi connectivity index (χ2n) is 13.9. The first-order valence-corrected chi connectivity index (χ1v) is 23.5. The Bertz CT molecular complexity index is 2500. The second-order valence-corrected chi connectivity index (χ2v) is 23.3. The number of hydrogen-bond donors (Lipinski definition) is 0. The summed E-state index contributed by atoms with van der Waals surface area (Å²) in [4.78, 5) is 18.3. The second kappa shape index (κ2) is 11.4. The number of pyridine rings is 1. The van der Waals surface area contributed by atoms with Crippen molar-refractivity contribution >= 4 is 81.2 Å². The molecule has 0 amide bonds. The molecular weight excluding hydrogens is 735 g/mol. The van der Waals surface area contributed by atoms with Crippen LogP contribution < -0.4 is 51.0 Å². The van der Waals surface area contributed by atoms with Gasteiger partial charge in [0.25, 0.3) is 0 Å². The predicted molar refractivity (Wildman–Crippen MR) is 221 cm³/mol. The SMILES string of the molecule is c1ccc2c(c1)Oc1ccc(-c3ccc4c(c3)[Si]3(c5ccccc5S4)c4ccccc4Sc4ncncc43)cc1[Si]21c2ccccc2Oc2ncccc21. The molecule has 0 fully saturated rings. The molecule has 4 aliphatic rings. The first-order valence-electron chi connectivity index (χ1n) is 17.9. The smallest absolute Gasteiger partial charge is 0.219 e. The van der Waals surface area contributed by atoms with Gasteiger partial charge in [-0.05, 0) is 84.7 Å². The van der Waals surface area contributed by atoms with Gasteiger partial charge >= 0.3 is 0 Å². The van der Waals surface area contributed by atoms with Gasteiger partial charge < -0.3 is 9.47 Å². The lowest BCUT2D eigenvalue weighted by Gasteiger charge is -2.43.